The Bertz CT molecular complexity index is 337. The van der Waals surface area contributed by atoms with E-state index in [1.54, 1.807) is 25.1 Å². The summed E-state index contributed by atoms with van der Waals surface area (Å²) in [5.41, 5.74) is 6.48. The Morgan fingerprint density at radius 3 is 2.93 bits per heavy atom. The normalized spacial score (nSPS) is 12.1. The molecule has 1 amide bonds. The van der Waals surface area contributed by atoms with E-state index in [1.807, 2.05) is 6.07 Å². The lowest BCUT2D eigenvalue weighted by Gasteiger charge is -2.08. The highest BCUT2D eigenvalue weighted by Gasteiger charge is 2.01. The first-order valence-electron chi connectivity index (χ1n) is 4.91. The number of nitrogens with two attached hydrogens (primary N) is 1. The minimum absolute atomic E-state index is 0.322. The molecule has 0 saturated heterocycles. The van der Waals surface area contributed by atoms with E-state index in [1.165, 1.54) is 0 Å². The van der Waals surface area contributed by atoms with Crippen molar-refractivity contribution in [3.05, 3.63) is 29.8 Å². The van der Waals surface area contributed by atoms with E-state index in [0.29, 0.717) is 18.5 Å². The van der Waals surface area contributed by atoms with Crippen LogP contribution in [0.5, 0.6) is 0 Å². The van der Waals surface area contributed by atoms with Crippen molar-refractivity contribution in [2.45, 2.75) is 19.4 Å². The summed E-state index contributed by atoms with van der Waals surface area (Å²) >= 11 is 0. The maximum absolute atomic E-state index is 10.9. The molecule has 0 saturated carbocycles. The molecule has 15 heavy (non-hydrogen) atoms. The first-order chi connectivity index (χ1) is 7.09. The number of rotatable bonds is 5. The highest BCUT2D eigenvalue weighted by atomic mass is 16.3. The lowest BCUT2D eigenvalue weighted by atomic mass is 10.2. The summed E-state index contributed by atoms with van der Waals surface area (Å²) in [6, 6.07) is 6.99. The van der Waals surface area contributed by atoms with Crippen molar-refractivity contribution in [1.29, 1.82) is 0 Å². The largest absolute Gasteiger partial charge is 0.393 e. The summed E-state index contributed by atoms with van der Waals surface area (Å²) in [5, 5.41) is 12.2. The van der Waals surface area contributed by atoms with Gasteiger partial charge in [0.15, 0.2) is 0 Å². The molecule has 1 atom stereocenters. The Morgan fingerprint density at radius 1 is 1.60 bits per heavy atom. The van der Waals surface area contributed by atoms with Gasteiger partial charge in [-0.05, 0) is 31.5 Å². The second-order valence-corrected chi connectivity index (χ2v) is 3.51. The zero-order chi connectivity index (χ0) is 11.3. The Labute approximate surface area is 89.1 Å². The van der Waals surface area contributed by atoms with Crippen molar-refractivity contribution in [2.24, 2.45) is 5.73 Å². The monoisotopic (exact) mass is 208 g/mol. The molecule has 1 unspecified atom stereocenters. The topological polar surface area (TPSA) is 75.3 Å². The molecule has 0 bridgehead atoms. The van der Waals surface area contributed by atoms with Crippen molar-refractivity contribution < 1.29 is 9.90 Å². The molecule has 1 rings (SSSR count). The lowest BCUT2D eigenvalue weighted by Crippen LogP contribution is -2.12. The summed E-state index contributed by atoms with van der Waals surface area (Å²) in [4.78, 5) is 10.9. The van der Waals surface area contributed by atoms with Gasteiger partial charge in [-0.15, -0.1) is 0 Å². The molecule has 0 spiro atoms. The average molecular weight is 208 g/mol. The highest BCUT2D eigenvalue weighted by molar-refractivity contribution is 5.93. The predicted octanol–water partition coefficient (Wildman–Crippen LogP) is 0.968. The SMILES string of the molecule is CC(O)CCNc1cccc(C(N)=O)c1. The van der Waals surface area contributed by atoms with E-state index >= 15 is 0 Å². The fourth-order valence-corrected chi connectivity index (χ4v) is 1.21. The van der Waals surface area contributed by atoms with Crippen LogP contribution in [-0.4, -0.2) is 23.7 Å². The van der Waals surface area contributed by atoms with E-state index < -0.39 is 5.91 Å². The summed E-state index contributed by atoms with van der Waals surface area (Å²) in [7, 11) is 0. The van der Waals surface area contributed by atoms with Crippen LogP contribution < -0.4 is 11.1 Å². The van der Waals surface area contributed by atoms with Crippen molar-refractivity contribution in [3.8, 4) is 0 Å². The summed E-state index contributed by atoms with van der Waals surface area (Å²) in [6.07, 6.45) is 0.345. The van der Waals surface area contributed by atoms with E-state index in [2.05, 4.69) is 5.32 Å². The number of aliphatic hydroxyl groups excluding tert-OH is 1. The fourth-order valence-electron chi connectivity index (χ4n) is 1.21. The predicted molar refractivity (Wildman–Crippen MR) is 59.7 cm³/mol. The molecule has 0 heterocycles. The maximum atomic E-state index is 10.9. The standard InChI is InChI=1S/C11H16N2O2/c1-8(14)5-6-13-10-4-2-3-9(7-10)11(12)15/h2-4,7-8,13-14H,5-6H2,1H3,(H2,12,15). The number of nitrogens with one attached hydrogen (secondary N) is 1. The average Bonchev–Trinajstić information content (AvgIpc) is 2.17. The fraction of sp³-hybridized carbons (Fsp3) is 0.364. The second-order valence-electron chi connectivity index (χ2n) is 3.51. The van der Waals surface area contributed by atoms with E-state index in [0.717, 1.165) is 5.69 Å². The van der Waals surface area contributed by atoms with Crippen molar-refractivity contribution >= 4 is 11.6 Å². The summed E-state index contributed by atoms with van der Waals surface area (Å²) < 4.78 is 0. The molecular weight excluding hydrogens is 192 g/mol. The number of carbonyl (C=O) groups excluding carboxylic acids is 1. The third-order valence-electron chi connectivity index (χ3n) is 2.04. The van der Waals surface area contributed by atoms with Gasteiger partial charge in [0.25, 0.3) is 0 Å². The van der Waals surface area contributed by atoms with Crippen molar-refractivity contribution in [3.63, 3.8) is 0 Å². The Morgan fingerprint density at radius 2 is 2.33 bits per heavy atom. The number of aliphatic hydroxyl groups is 1. The molecule has 0 aliphatic carbocycles. The van der Waals surface area contributed by atoms with E-state index in [-0.39, 0.29) is 6.10 Å². The molecule has 0 aliphatic rings. The quantitative estimate of drug-likeness (QED) is 0.675. The second kappa shape index (κ2) is 5.36. The number of amides is 1. The van der Waals surface area contributed by atoms with Crippen LogP contribution in [0.2, 0.25) is 0 Å². The first-order valence-corrected chi connectivity index (χ1v) is 4.91. The van der Waals surface area contributed by atoms with Gasteiger partial charge in [0.1, 0.15) is 0 Å². The van der Waals surface area contributed by atoms with Gasteiger partial charge < -0.3 is 16.2 Å². The van der Waals surface area contributed by atoms with E-state index in [4.69, 9.17) is 10.8 Å². The smallest absolute Gasteiger partial charge is 0.248 e. The zero-order valence-corrected chi connectivity index (χ0v) is 8.73. The molecule has 0 aliphatic heterocycles. The molecule has 1 aromatic carbocycles. The maximum Gasteiger partial charge on any atom is 0.248 e. The first kappa shape index (κ1) is 11.5. The zero-order valence-electron chi connectivity index (χ0n) is 8.73. The Hall–Kier alpha value is -1.55. The minimum atomic E-state index is -0.436. The molecule has 1 aromatic rings. The number of hydrogen-bond acceptors (Lipinski definition) is 3. The molecule has 4 heteroatoms. The summed E-state index contributed by atoms with van der Waals surface area (Å²) in [5.74, 6) is -0.436. The number of primary amides is 1. The van der Waals surface area contributed by atoms with Crippen LogP contribution in [0.25, 0.3) is 0 Å². The van der Waals surface area contributed by atoms with Crippen LogP contribution in [0, 0.1) is 0 Å². The Kier molecular flexibility index (Phi) is 4.12. The Balaban J connectivity index is 2.54. The summed E-state index contributed by atoms with van der Waals surface area (Å²) in [6.45, 7) is 2.40. The lowest BCUT2D eigenvalue weighted by molar-refractivity contribution is 0.100. The molecule has 4 nitrogen and oxygen atoms in total. The number of anilines is 1. The van der Waals surface area contributed by atoms with Gasteiger partial charge in [0, 0.05) is 17.8 Å². The van der Waals surface area contributed by atoms with Crippen LogP contribution >= 0.6 is 0 Å². The van der Waals surface area contributed by atoms with Crippen LogP contribution in [0.1, 0.15) is 23.7 Å². The van der Waals surface area contributed by atoms with Crippen LogP contribution in [0.4, 0.5) is 5.69 Å². The third-order valence-corrected chi connectivity index (χ3v) is 2.04. The molecule has 82 valence electrons. The third kappa shape index (κ3) is 3.99. The molecule has 0 aromatic heterocycles. The van der Waals surface area contributed by atoms with Gasteiger partial charge in [0.2, 0.25) is 5.91 Å². The van der Waals surface area contributed by atoms with Crippen molar-refractivity contribution in [1.82, 2.24) is 0 Å². The molecule has 0 fully saturated rings. The van der Waals surface area contributed by atoms with E-state index in [9.17, 15) is 4.79 Å². The molecular formula is C11H16N2O2. The number of carbonyl (C=O) groups is 1. The van der Waals surface area contributed by atoms with Gasteiger partial charge in [-0.1, -0.05) is 6.07 Å². The molecule has 4 N–H and O–H groups in total. The van der Waals surface area contributed by atoms with Crippen molar-refractivity contribution in [2.75, 3.05) is 11.9 Å². The van der Waals surface area contributed by atoms with Crippen LogP contribution in [0.3, 0.4) is 0 Å². The number of benzene rings is 1. The molecule has 0 radical (unpaired) electrons. The minimum Gasteiger partial charge on any atom is -0.393 e. The van der Waals surface area contributed by atoms with Gasteiger partial charge in [0.05, 0.1) is 6.10 Å². The van der Waals surface area contributed by atoms with Gasteiger partial charge in [-0.25, -0.2) is 0 Å². The van der Waals surface area contributed by atoms with Crippen LogP contribution in [-0.2, 0) is 0 Å². The van der Waals surface area contributed by atoms with Gasteiger partial charge in [-0.2, -0.15) is 0 Å². The van der Waals surface area contributed by atoms with Crippen LogP contribution in [0.15, 0.2) is 24.3 Å². The van der Waals surface area contributed by atoms with Gasteiger partial charge in [-0.3, -0.25) is 4.79 Å². The number of hydrogen-bond donors (Lipinski definition) is 3. The van der Waals surface area contributed by atoms with Gasteiger partial charge >= 0.3 is 0 Å². The highest BCUT2D eigenvalue weighted by Crippen LogP contribution is 2.10.